The standard InChI is InChI=1S/C15H24N2O5S/c18-14(6-8-16-7-3-9-23(16,21)22)17-12-5-2-1-4-11(12)10-13(17)15(19)20/h11-13H,1-10H2,(H,19,20). The second kappa shape index (κ2) is 6.39. The van der Waals surface area contributed by atoms with Crippen molar-refractivity contribution in [2.75, 3.05) is 18.8 Å². The third-order valence-electron chi connectivity index (χ3n) is 5.44. The highest BCUT2D eigenvalue weighted by Crippen LogP contribution is 2.40. The molecule has 2 aliphatic heterocycles. The zero-order valence-electron chi connectivity index (χ0n) is 13.2. The lowest BCUT2D eigenvalue weighted by molar-refractivity contribution is -0.149. The van der Waals surface area contributed by atoms with Crippen LogP contribution in [0.15, 0.2) is 0 Å². The molecule has 3 aliphatic rings. The predicted octanol–water partition coefficient (Wildman–Crippen LogP) is 0.656. The van der Waals surface area contributed by atoms with Crippen LogP contribution in [-0.2, 0) is 19.6 Å². The first-order valence-electron chi connectivity index (χ1n) is 8.42. The Morgan fingerprint density at radius 3 is 2.52 bits per heavy atom. The topological polar surface area (TPSA) is 95.0 Å². The van der Waals surface area contributed by atoms with Gasteiger partial charge in [0.1, 0.15) is 6.04 Å². The van der Waals surface area contributed by atoms with Crippen molar-refractivity contribution in [1.82, 2.24) is 9.21 Å². The van der Waals surface area contributed by atoms with Gasteiger partial charge < -0.3 is 10.0 Å². The Balaban J connectivity index is 1.67. The summed E-state index contributed by atoms with van der Waals surface area (Å²) in [4.78, 5) is 25.7. The zero-order valence-corrected chi connectivity index (χ0v) is 14.0. The van der Waals surface area contributed by atoms with Crippen molar-refractivity contribution in [2.24, 2.45) is 5.92 Å². The number of rotatable bonds is 4. The fraction of sp³-hybridized carbons (Fsp3) is 0.867. The Morgan fingerprint density at radius 1 is 1.13 bits per heavy atom. The smallest absolute Gasteiger partial charge is 0.326 e. The SMILES string of the molecule is O=C(O)C1CC2CCCCC2N1C(=O)CCN1CCCS1(=O)=O. The molecule has 1 aliphatic carbocycles. The summed E-state index contributed by atoms with van der Waals surface area (Å²) in [5.41, 5.74) is 0. The maximum atomic E-state index is 12.6. The Hall–Kier alpha value is -1.15. The van der Waals surface area contributed by atoms with Crippen LogP contribution >= 0.6 is 0 Å². The zero-order chi connectivity index (χ0) is 16.6. The fourth-order valence-electron chi connectivity index (χ4n) is 4.33. The lowest BCUT2D eigenvalue weighted by Crippen LogP contribution is -2.47. The molecule has 0 aromatic heterocycles. The number of hydrogen-bond acceptors (Lipinski definition) is 4. The number of aliphatic carboxylic acids is 1. The predicted molar refractivity (Wildman–Crippen MR) is 83.2 cm³/mol. The van der Waals surface area contributed by atoms with Crippen molar-refractivity contribution in [1.29, 1.82) is 0 Å². The van der Waals surface area contributed by atoms with Crippen molar-refractivity contribution < 1.29 is 23.1 Å². The van der Waals surface area contributed by atoms with E-state index in [0.29, 0.717) is 19.4 Å². The Morgan fingerprint density at radius 2 is 1.87 bits per heavy atom. The van der Waals surface area contributed by atoms with Gasteiger partial charge in [-0.2, -0.15) is 0 Å². The minimum absolute atomic E-state index is 0.0209. The van der Waals surface area contributed by atoms with E-state index in [1.807, 2.05) is 0 Å². The molecule has 0 bridgehead atoms. The van der Waals surface area contributed by atoms with E-state index in [-0.39, 0.29) is 36.6 Å². The highest BCUT2D eigenvalue weighted by molar-refractivity contribution is 7.89. The molecule has 3 fully saturated rings. The molecular weight excluding hydrogens is 320 g/mol. The first-order chi connectivity index (χ1) is 10.9. The van der Waals surface area contributed by atoms with Crippen LogP contribution in [0.3, 0.4) is 0 Å². The molecule has 3 unspecified atom stereocenters. The fourth-order valence-corrected chi connectivity index (χ4v) is 5.86. The lowest BCUT2D eigenvalue weighted by Gasteiger charge is -2.33. The number of sulfonamides is 1. The van der Waals surface area contributed by atoms with Gasteiger partial charge >= 0.3 is 5.97 Å². The van der Waals surface area contributed by atoms with Crippen LogP contribution in [0.25, 0.3) is 0 Å². The van der Waals surface area contributed by atoms with Crippen LogP contribution in [0.4, 0.5) is 0 Å². The molecule has 1 amide bonds. The maximum absolute atomic E-state index is 12.6. The molecular formula is C15H24N2O5S. The van der Waals surface area contributed by atoms with Crippen LogP contribution in [0.2, 0.25) is 0 Å². The van der Waals surface area contributed by atoms with E-state index in [4.69, 9.17) is 0 Å². The Bertz CT molecular complexity index is 591. The van der Waals surface area contributed by atoms with E-state index in [0.717, 1.165) is 25.7 Å². The number of amides is 1. The molecule has 23 heavy (non-hydrogen) atoms. The summed E-state index contributed by atoms with van der Waals surface area (Å²) in [5.74, 6) is -0.729. The normalized spacial score (nSPS) is 33.6. The summed E-state index contributed by atoms with van der Waals surface area (Å²) in [6, 6.07) is -0.724. The second-order valence-corrected chi connectivity index (χ2v) is 8.91. The van der Waals surface area contributed by atoms with E-state index >= 15 is 0 Å². The van der Waals surface area contributed by atoms with Gasteiger partial charge in [0.25, 0.3) is 0 Å². The second-order valence-electron chi connectivity index (χ2n) is 6.82. The first-order valence-corrected chi connectivity index (χ1v) is 10.0. The number of carboxylic acids is 1. The summed E-state index contributed by atoms with van der Waals surface area (Å²) in [6.45, 7) is 0.630. The van der Waals surface area contributed by atoms with Gasteiger partial charge in [-0.3, -0.25) is 4.79 Å². The molecule has 2 heterocycles. The summed E-state index contributed by atoms with van der Waals surface area (Å²) in [5, 5.41) is 9.44. The van der Waals surface area contributed by atoms with Gasteiger partial charge in [0.15, 0.2) is 0 Å². The summed E-state index contributed by atoms with van der Waals surface area (Å²) in [7, 11) is -3.21. The van der Waals surface area contributed by atoms with Gasteiger partial charge in [0.2, 0.25) is 15.9 Å². The van der Waals surface area contributed by atoms with Crippen LogP contribution < -0.4 is 0 Å². The molecule has 3 rings (SSSR count). The summed E-state index contributed by atoms with van der Waals surface area (Å²) in [6.07, 6.45) is 5.18. The number of hydrogen-bond donors (Lipinski definition) is 1. The number of fused-ring (bicyclic) bond motifs is 1. The molecule has 0 spiro atoms. The van der Waals surface area contributed by atoms with Crippen molar-refractivity contribution in [3.8, 4) is 0 Å². The van der Waals surface area contributed by atoms with Crippen LogP contribution in [0, 0.1) is 5.92 Å². The number of nitrogens with zero attached hydrogens (tertiary/aromatic N) is 2. The molecule has 3 atom stereocenters. The highest BCUT2D eigenvalue weighted by Gasteiger charge is 2.47. The van der Waals surface area contributed by atoms with Gasteiger partial charge in [-0.25, -0.2) is 17.5 Å². The molecule has 0 aromatic carbocycles. The van der Waals surface area contributed by atoms with Crippen LogP contribution in [-0.4, -0.2) is 65.5 Å². The minimum Gasteiger partial charge on any atom is -0.480 e. The Kier molecular flexibility index (Phi) is 4.64. The molecule has 2 saturated heterocycles. The molecule has 7 nitrogen and oxygen atoms in total. The average molecular weight is 344 g/mol. The third-order valence-corrected chi connectivity index (χ3v) is 7.40. The van der Waals surface area contributed by atoms with Gasteiger partial charge in [-0.05, 0) is 31.6 Å². The maximum Gasteiger partial charge on any atom is 0.326 e. The average Bonchev–Trinajstić information content (AvgIpc) is 3.04. The molecule has 0 aromatic rings. The quantitative estimate of drug-likeness (QED) is 0.808. The number of carbonyl (C=O) groups excluding carboxylic acids is 1. The van der Waals surface area contributed by atoms with Crippen LogP contribution in [0.1, 0.15) is 44.9 Å². The van der Waals surface area contributed by atoms with E-state index in [1.54, 1.807) is 4.90 Å². The monoisotopic (exact) mass is 344 g/mol. The summed E-state index contributed by atoms with van der Waals surface area (Å²) < 4.78 is 25.0. The van der Waals surface area contributed by atoms with E-state index in [9.17, 15) is 23.1 Å². The van der Waals surface area contributed by atoms with Gasteiger partial charge in [0, 0.05) is 25.6 Å². The van der Waals surface area contributed by atoms with Crippen molar-refractivity contribution in [2.45, 2.75) is 57.0 Å². The molecule has 130 valence electrons. The molecule has 8 heteroatoms. The van der Waals surface area contributed by atoms with Gasteiger partial charge in [-0.1, -0.05) is 12.8 Å². The van der Waals surface area contributed by atoms with Gasteiger partial charge in [-0.15, -0.1) is 0 Å². The van der Waals surface area contributed by atoms with E-state index < -0.39 is 22.0 Å². The van der Waals surface area contributed by atoms with Crippen molar-refractivity contribution >= 4 is 21.9 Å². The van der Waals surface area contributed by atoms with Crippen molar-refractivity contribution in [3.63, 3.8) is 0 Å². The third kappa shape index (κ3) is 3.24. The minimum atomic E-state index is -3.21. The van der Waals surface area contributed by atoms with E-state index in [2.05, 4.69) is 0 Å². The van der Waals surface area contributed by atoms with E-state index in [1.165, 1.54) is 4.31 Å². The van der Waals surface area contributed by atoms with Crippen LogP contribution in [0.5, 0.6) is 0 Å². The van der Waals surface area contributed by atoms with Crippen molar-refractivity contribution in [3.05, 3.63) is 0 Å². The van der Waals surface area contributed by atoms with Gasteiger partial charge in [0.05, 0.1) is 5.75 Å². The number of carbonyl (C=O) groups is 2. The first kappa shape index (κ1) is 16.7. The molecule has 1 saturated carbocycles. The summed E-state index contributed by atoms with van der Waals surface area (Å²) >= 11 is 0. The lowest BCUT2D eigenvalue weighted by atomic mass is 9.84. The molecule has 1 N–H and O–H groups in total. The molecule has 0 radical (unpaired) electrons. The number of likely N-dealkylation sites (tertiary alicyclic amines) is 1. The Labute approximate surface area is 136 Å². The number of carboxylic acid groups (broad SMARTS) is 1. The largest absolute Gasteiger partial charge is 0.480 e. The highest BCUT2D eigenvalue weighted by atomic mass is 32.2.